The number of nitrogens with one attached hydrogen (secondary N) is 1. The van der Waals surface area contributed by atoms with Crippen molar-refractivity contribution in [2.75, 3.05) is 5.32 Å². The van der Waals surface area contributed by atoms with Crippen molar-refractivity contribution in [3.63, 3.8) is 0 Å². The highest BCUT2D eigenvalue weighted by Gasteiger charge is 2.20. The molecule has 1 N–H and O–H groups in total. The van der Waals surface area contributed by atoms with Gasteiger partial charge in [0.2, 0.25) is 0 Å². The van der Waals surface area contributed by atoms with E-state index >= 15 is 0 Å². The van der Waals surface area contributed by atoms with Crippen molar-refractivity contribution in [1.82, 2.24) is 0 Å². The average molecular weight is 551 g/mol. The Labute approximate surface area is 260 Å². The van der Waals surface area contributed by atoms with Crippen molar-refractivity contribution in [1.29, 1.82) is 0 Å². The molecule has 44 heavy (non-hydrogen) atoms. The van der Waals surface area contributed by atoms with Gasteiger partial charge in [0.15, 0.2) is 5.58 Å². The normalized spacial score (nSPS) is 11.6. The second kappa shape index (κ2) is 10.1. The van der Waals surface area contributed by atoms with Gasteiger partial charge < -0.3 is 14.2 Å². The van der Waals surface area contributed by atoms with Gasteiger partial charge in [-0.25, -0.2) is 0 Å². The molecule has 10 radical (unpaired) electrons. The first-order valence-corrected chi connectivity index (χ1v) is 14.1. The molecular formula is C36H18B5NO2. The number of anilines is 2. The van der Waals surface area contributed by atoms with Gasteiger partial charge in [0.05, 0.1) is 16.8 Å². The summed E-state index contributed by atoms with van der Waals surface area (Å²) in [4.78, 5) is 0. The lowest BCUT2D eigenvalue weighted by atomic mass is 9.59. The van der Waals surface area contributed by atoms with Gasteiger partial charge in [-0.05, 0) is 58.7 Å². The summed E-state index contributed by atoms with van der Waals surface area (Å²) < 4.78 is 12.7. The zero-order chi connectivity index (χ0) is 30.1. The molecule has 8 rings (SSSR count). The highest BCUT2D eigenvalue weighted by Crippen LogP contribution is 2.41. The van der Waals surface area contributed by atoms with E-state index in [1.807, 2.05) is 78.9 Å². The van der Waals surface area contributed by atoms with E-state index in [0.29, 0.717) is 16.7 Å². The molecule has 0 aliphatic carbocycles. The number of benzene rings is 6. The van der Waals surface area contributed by atoms with Crippen molar-refractivity contribution in [3.05, 3.63) is 103 Å². The molecule has 8 aromatic rings. The first kappa shape index (κ1) is 26.7. The molecule has 0 aliphatic rings. The molecule has 194 valence electrons. The van der Waals surface area contributed by atoms with Gasteiger partial charge in [-0.1, -0.05) is 77.7 Å². The summed E-state index contributed by atoms with van der Waals surface area (Å²) in [5.41, 5.74) is 9.32. The molecule has 0 bridgehead atoms. The number of fused-ring (bicyclic) bond motifs is 6. The van der Waals surface area contributed by atoms with Crippen LogP contribution in [0.5, 0.6) is 0 Å². The van der Waals surface area contributed by atoms with E-state index < -0.39 is 0 Å². The second-order valence-corrected chi connectivity index (χ2v) is 10.9. The highest BCUT2D eigenvalue weighted by atomic mass is 16.3. The predicted molar refractivity (Wildman–Crippen MR) is 189 cm³/mol. The fraction of sp³-hybridized carbons (Fsp3) is 0. The molecule has 0 amide bonds. The van der Waals surface area contributed by atoms with Gasteiger partial charge in [0.25, 0.3) is 0 Å². The molecule has 0 fully saturated rings. The summed E-state index contributed by atoms with van der Waals surface area (Å²) in [5.74, 6) is 0. The summed E-state index contributed by atoms with van der Waals surface area (Å²) in [6.45, 7) is 0. The highest BCUT2D eigenvalue weighted by molar-refractivity contribution is 6.69. The third-order valence-electron chi connectivity index (χ3n) is 8.36. The molecule has 2 aromatic heterocycles. The molecule has 0 unspecified atom stereocenters. The molecule has 0 saturated heterocycles. The maximum atomic E-state index is 6.49. The van der Waals surface area contributed by atoms with Gasteiger partial charge in [-0.2, -0.15) is 0 Å². The fourth-order valence-electron chi connectivity index (χ4n) is 6.18. The molecule has 6 aromatic carbocycles. The zero-order valence-corrected chi connectivity index (χ0v) is 23.5. The van der Waals surface area contributed by atoms with Crippen molar-refractivity contribution in [3.8, 4) is 22.3 Å². The summed E-state index contributed by atoms with van der Waals surface area (Å²) in [5, 5.41) is 7.37. The van der Waals surface area contributed by atoms with Crippen LogP contribution in [0.4, 0.5) is 11.4 Å². The van der Waals surface area contributed by atoms with E-state index in [0.717, 1.165) is 60.8 Å². The maximum Gasteiger partial charge on any atom is 0.158 e. The van der Waals surface area contributed by atoms with Crippen LogP contribution in [0.1, 0.15) is 0 Å². The number of furan rings is 2. The van der Waals surface area contributed by atoms with Crippen LogP contribution in [-0.2, 0) is 0 Å². The summed E-state index contributed by atoms with van der Waals surface area (Å²) >= 11 is 0. The van der Waals surface area contributed by atoms with Crippen LogP contribution < -0.4 is 32.6 Å². The molecular weight excluding hydrogens is 532 g/mol. The van der Waals surface area contributed by atoms with E-state index in [9.17, 15) is 0 Å². The predicted octanol–water partition coefficient (Wildman–Crippen LogP) is 4.53. The molecule has 0 atom stereocenters. The summed E-state index contributed by atoms with van der Waals surface area (Å²) in [7, 11) is 31.4. The van der Waals surface area contributed by atoms with Gasteiger partial charge in [0.1, 0.15) is 56.0 Å². The van der Waals surface area contributed by atoms with Gasteiger partial charge in [-0.15, -0.1) is 16.4 Å². The maximum absolute atomic E-state index is 6.49. The Morgan fingerprint density at radius 1 is 0.455 bits per heavy atom. The van der Waals surface area contributed by atoms with Gasteiger partial charge in [-0.3, -0.25) is 0 Å². The Morgan fingerprint density at radius 3 is 1.89 bits per heavy atom. The van der Waals surface area contributed by atoms with Crippen molar-refractivity contribution < 1.29 is 8.83 Å². The van der Waals surface area contributed by atoms with E-state index in [1.165, 1.54) is 0 Å². The number of hydrogen-bond acceptors (Lipinski definition) is 3. The lowest BCUT2D eigenvalue weighted by Gasteiger charge is -2.21. The van der Waals surface area contributed by atoms with Crippen molar-refractivity contribution >= 4 is 122 Å². The van der Waals surface area contributed by atoms with Crippen LogP contribution >= 0.6 is 0 Å². The molecule has 0 saturated carbocycles. The standard InChI is InChI=1S/C36H18B5NO2/c37-31-30(32(38)34(40)35(41)33(31)39)20-9-5-13-26-28(20)21-10-4-12-24(36(21)44-26)42-23-11-6-14-27-29(23)22-17-19(15-16-25(22)43-27)18-7-2-1-3-8-18/h1-17,42H. The molecule has 8 heteroatoms. The van der Waals surface area contributed by atoms with Crippen molar-refractivity contribution in [2.24, 2.45) is 0 Å². The summed E-state index contributed by atoms with van der Waals surface area (Å²) in [6, 6.07) is 34.3. The number of para-hydroxylation sites is 1. The monoisotopic (exact) mass is 551 g/mol. The average Bonchev–Trinajstić information content (AvgIpc) is 3.63. The topological polar surface area (TPSA) is 38.3 Å². The van der Waals surface area contributed by atoms with Gasteiger partial charge in [0, 0.05) is 16.2 Å². The Bertz CT molecular complexity index is 2400. The zero-order valence-electron chi connectivity index (χ0n) is 23.5. The molecule has 3 nitrogen and oxygen atoms in total. The third-order valence-corrected chi connectivity index (χ3v) is 8.36. The minimum Gasteiger partial charge on any atom is -0.456 e. The quantitative estimate of drug-likeness (QED) is 0.328. The summed E-state index contributed by atoms with van der Waals surface area (Å²) in [6.07, 6.45) is 0. The Kier molecular flexibility index (Phi) is 6.09. The van der Waals surface area contributed by atoms with Crippen molar-refractivity contribution in [2.45, 2.75) is 0 Å². The SMILES string of the molecule is [B]c1c([B])c([B])c(-c2cccc3oc4c(Nc5cccc6oc7ccc(-c8ccccc8)cc7c56)cccc4c23)c([B])c1[B]. The Morgan fingerprint density at radius 2 is 1.11 bits per heavy atom. The molecule has 2 heterocycles. The minimum atomic E-state index is 0.177. The largest absolute Gasteiger partial charge is 0.456 e. The van der Waals surface area contributed by atoms with Crippen LogP contribution in [0.2, 0.25) is 0 Å². The third kappa shape index (κ3) is 3.97. The smallest absolute Gasteiger partial charge is 0.158 e. The van der Waals surface area contributed by atoms with Gasteiger partial charge >= 0.3 is 0 Å². The molecule has 0 spiro atoms. The van der Waals surface area contributed by atoms with Crippen LogP contribution in [0, 0.1) is 0 Å². The van der Waals surface area contributed by atoms with E-state index in [2.05, 4.69) is 29.6 Å². The lowest BCUT2D eigenvalue weighted by molar-refractivity contribution is 0.668. The first-order valence-electron chi connectivity index (χ1n) is 14.1. The van der Waals surface area contributed by atoms with Crippen LogP contribution in [0.3, 0.4) is 0 Å². The van der Waals surface area contributed by atoms with Crippen LogP contribution in [0.25, 0.3) is 66.1 Å². The molecule has 0 aliphatic heterocycles. The van der Waals surface area contributed by atoms with Crippen LogP contribution in [0.15, 0.2) is 112 Å². The fourth-order valence-corrected chi connectivity index (χ4v) is 6.18. The van der Waals surface area contributed by atoms with E-state index in [4.69, 9.17) is 48.1 Å². The number of hydrogen-bond donors (Lipinski definition) is 1. The van der Waals surface area contributed by atoms with E-state index in [1.54, 1.807) is 0 Å². The van der Waals surface area contributed by atoms with E-state index in [-0.39, 0.29) is 27.3 Å². The van der Waals surface area contributed by atoms with Crippen LogP contribution in [-0.4, -0.2) is 39.2 Å². The number of rotatable bonds is 4. The first-order chi connectivity index (χ1) is 21.4. The lowest BCUT2D eigenvalue weighted by Crippen LogP contribution is -2.55. The minimum absolute atomic E-state index is 0.177. The Hall–Kier alpha value is -4.96. The second-order valence-electron chi connectivity index (χ2n) is 10.9. The Balaban J connectivity index is 1.31.